The molecule has 2 amide bonds. The van der Waals surface area contributed by atoms with Crippen molar-refractivity contribution in [1.29, 1.82) is 0 Å². The summed E-state index contributed by atoms with van der Waals surface area (Å²) in [7, 11) is 1.58. The third-order valence-electron chi connectivity index (χ3n) is 4.53. The molecule has 2 aromatic rings. The van der Waals surface area contributed by atoms with Crippen molar-refractivity contribution in [3.63, 3.8) is 0 Å². The number of rotatable bonds is 3. The summed E-state index contributed by atoms with van der Waals surface area (Å²) in [5, 5.41) is 8.79. The summed E-state index contributed by atoms with van der Waals surface area (Å²) in [5.41, 5.74) is 6.52. The molecule has 3 rings (SSSR count). The molecule has 0 bridgehead atoms. The van der Waals surface area contributed by atoms with Gasteiger partial charge in [-0.1, -0.05) is 12.1 Å². The molecule has 1 aliphatic rings. The average molecular weight is 368 g/mol. The van der Waals surface area contributed by atoms with E-state index in [1.54, 1.807) is 32.2 Å². The van der Waals surface area contributed by atoms with E-state index in [-0.39, 0.29) is 29.5 Å². The Bertz CT molecular complexity index is 1010. The first-order valence-electron chi connectivity index (χ1n) is 8.30. The van der Waals surface area contributed by atoms with Crippen LogP contribution in [0.2, 0.25) is 0 Å². The van der Waals surface area contributed by atoms with E-state index in [1.165, 1.54) is 11.0 Å². The molecule has 0 spiro atoms. The second-order valence-corrected chi connectivity index (χ2v) is 6.67. The fraction of sp³-hybridized carbons (Fsp3) is 0.278. The smallest absolute Gasteiger partial charge is 0.276 e. The Hall–Kier alpha value is -3.49. The highest BCUT2D eigenvalue weighted by atomic mass is 16.2. The third kappa shape index (κ3) is 3.57. The van der Waals surface area contributed by atoms with Gasteiger partial charge in [-0.2, -0.15) is 5.10 Å². The molecule has 4 N–H and O–H groups in total. The zero-order chi connectivity index (χ0) is 19.8. The van der Waals surface area contributed by atoms with E-state index in [2.05, 4.69) is 20.5 Å². The SMILES string of the molecule is Cc1cc(=O)[nH]nc1C(=O)Nc1cccc([C@]2(C)CC(=O)N(C)C(N)=N2)c1. The van der Waals surface area contributed by atoms with E-state index in [0.29, 0.717) is 11.3 Å². The minimum Gasteiger partial charge on any atom is -0.369 e. The number of carbonyl (C=O) groups excluding carboxylic acids is 2. The maximum atomic E-state index is 12.5. The Morgan fingerprint density at radius 1 is 1.33 bits per heavy atom. The van der Waals surface area contributed by atoms with Crippen LogP contribution in [0, 0.1) is 6.92 Å². The number of aromatic amines is 1. The van der Waals surface area contributed by atoms with Crippen molar-refractivity contribution in [2.24, 2.45) is 10.7 Å². The number of guanidine groups is 1. The van der Waals surface area contributed by atoms with Gasteiger partial charge in [0.05, 0.1) is 12.0 Å². The molecule has 0 saturated heterocycles. The van der Waals surface area contributed by atoms with Gasteiger partial charge in [0.15, 0.2) is 11.7 Å². The van der Waals surface area contributed by atoms with Crippen molar-refractivity contribution in [3.8, 4) is 0 Å². The number of nitrogens with zero attached hydrogens (tertiary/aromatic N) is 3. The molecule has 2 heterocycles. The van der Waals surface area contributed by atoms with Gasteiger partial charge >= 0.3 is 0 Å². The normalized spacial score (nSPS) is 19.6. The van der Waals surface area contributed by atoms with Crippen molar-refractivity contribution in [2.45, 2.75) is 25.8 Å². The number of hydrogen-bond acceptors (Lipinski definition) is 6. The zero-order valence-corrected chi connectivity index (χ0v) is 15.2. The minimum absolute atomic E-state index is 0.128. The summed E-state index contributed by atoms with van der Waals surface area (Å²) in [6.45, 7) is 3.45. The third-order valence-corrected chi connectivity index (χ3v) is 4.53. The molecule has 0 saturated carbocycles. The van der Waals surface area contributed by atoms with Gasteiger partial charge in [0.1, 0.15) is 0 Å². The number of aryl methyl sites for hydroxylation is 1. The standard InChI is InChI=1S/C18H20N6O3/c1-10-7-13(25)22-23-15(10)16(27)20-12-6-4-5-11(8-12)18(2)9-14(26)24(3)17(19)21-18/h4-8H,9H2,1-3H3,(H2,19,21)(H,20,27)(H,22,25)/t18-/m0/s1. The quantitative estimate of drug-likeness (QED) is 0.734. The van der Waals surface area contributed by atoms with Gasteiger partial charge in [-0.15, -0.1) is 0 Å². The lowest BCUT2D eigenvalue weighted by Crippen LogP contribution is -2.47. The van der Waals surface area contributed by atoms with Crippen molar-refractivity contribution in [1.82, 2.24) is 15.1 Å². The Kier molecular flexibility index (Phi) is 4.52. The first-order chi connectivity index (χ1) is 12.7. The molecule has 140 valence electrons. The second-order valence-electron chi connectivity index (χ2n) is 6.67. The minimum atomic E-state index is -0.819. The molecule has 1 aliphatic heterocycles. The highest BCUT2D eigenvalue weighted by Gasteiger charge is 2.36. The lowest BCUT2D eigenvalue weighted by atomic mass is 9.87. The molecule has 9 heteroatoms. The van der Waals surface area contributed by atoms with Crippen LogP contribution in [-0.2, 0) is 10.3 Å². The maximum Gasteiger partial charge on any atom is 0.276 e. The van der Waals surface area contributed by atoms with Crippen LogP contribution in [0.3, 0.4) is 0 Å². The number of H-pyrrole nitrogens is 1. The van der Waals surface area contributed by atoms with Gasteiger partial charge in [0.25, 0.3) is 11.5 Å². The molecule has 1 atom stereocenters. The highest BCUT2D eigenvalue weighted by molar-refractivity contribution is 6.03. The summed E-state index contributed by atoms with van der Waals surface area (Å²) in [6.07, 6.45) is 0.169. The lowest BCUT2D eigenvalue weighted by Gasteiger charge is -2.33. The largest absolute Gasteiger partial charge is 0.369 e. The predicted octanol–water partition coefficient (Wildman–Crippen LogP) is 0.723. The van der Waals surface area contributed by atoms with Gasteiger partial charge in [-0.3, -0.25) is 19.3 Å². The van der Waals surface area contributed by atoms with E-state index in [1.807, 2.05) is 13.0 Å². The van der Waals surface area contributed by atoms with Crippen LogP contribution in [0.15, 0.2) is 40.1 Å². The number of nitrogens with one attached hydrogen (secondary N) is 2. The molecule has 1 aromatic carbocycles. The number of amides is 2. The molecular weight excluding hydrogens is 348 g/mol. The van der Waals surface area contributed by atoms with Crippen LogP contribution in [0.4, 0.5) is 5.69 Å². The Balaban J connectivity index is 1.89. The number of carbonyl (C=O) groups is 2. The predicted molar refractivity (Wildman–Crippen MR) is 100 cm³/mol. The maximum absolute atomic E-state index is 12.5. The monoisotopic (exact) mass is 368 g/mol. The molecular formula is C18H20N6O3. The van der Waals surface area contributed by atoms with Crippen LogP contribution in [0.25, 0.3) is 0 Å². The molecule has 9 nitrogen and oxygen atoms in total. The van der Waals surface area contributed by atoms with Gasteiger partial charge in [-0.25, -0.2) is 10.1 Å². The first-order valence-corrected chi connectivity index (χ1v) is 8.30. The van der Waals surface area contributed by atoms with Crippen LogP contribution in [-0.4, -0.2) is 39.9 Å². The number of aromatic nitrogens is 2. The fourth-order valence-corrected chi connectivity index (χ4v) is 2.92. The van der Waals surface area contributed by atoms with Crippen LogP contribution >= 0.6 is 0 Å². The summed E-state index contributed by atoms with van der Waals surface area (Å²) in [5.74, 6) is -0.433. The molecule has 0 radical (unpaired) electrons. The molecule has 0 unspecified atom stereocenters. The van der Waals surface area contributed by atoms with Gasteiger partial charge in [-0.05, 0) is 37.1 Å². The second kappa shape index (κ2) is 6.67. The topological polar surface area (TPSA) is 134 Å². The fourth-order valence-electron chi connectivity index (χ4n) is 2.92. The summed E-state index contributed by atoms with van der Waals surface area (Å²) in [4.78, 5) is 41.6. The molecule has 27 heavy (non-hydrogen) atoms. The Morgan fingerprint density at radius 3 is 2.74 bits per heavy atom. The van der Waals surface area contributed by atoms with Gasteiger partial charge in [0, 0.05) is 18.8 Å². The van der Waals surface area contributed by atoms with Gasteiger partial charge in [0.2, 0.25) is 5.91 Å². The van der Waals surface area contributed by atoms with Crippen molar-refractivity contribution in [2.75, 3.05) is 12.4 Å². The highest BCUT2D eigenvalue weighted by Crippen LogP contribution is 2.34. The van der Waals surface area contributed by atoms with E-state index >= 15 is 0 Å². The summed E-state index contributed by atoms with van der Waals surface area (Å²) < 4.78 is 0. The van der Waals surface area contributed by atoms with Crippen molar-refractivity contribution >= 4 is 23.5 Å². The zero-order valence-electron chi connectivity index (χ0n) is 15.2. The van der Waals surface area contributed by atoms with E-state index in [4.69, 9.17) is 5.73 Å². The van der Waals surface area contributed by atoms with E-state index < -0.39 is 11.4 Å². The molecule has 1 aromatic heterocycles. The van der Waals surface area contributed by atoms with Crippen molar-refractivity contribution < 1.29 is 9.59 Å². The molecule has 0 fully saturated rings. The number of anilines is 1. The summed E-state index contributed by atoms with van der Waals surface area (Å²) >= 11 is 0. The number of hydrogen-bond donors (Lipinski definition) is 3. The van der Waals surface area contributed by atoms with E-state index in [9.17, 15) is 14.4 Å². The Labute approximate surface area is 155 Å². The van der Waals surface area contributed by atoms with Crippen LogP contribution in [0.1, 0.15) is 35.0 Å². The Morgan fingerprint density at radius 2 is 2.07 bits per heavy atom. The van der Waals surface area contributed by atoms with E-state index in [0.717, 1.165) is 5.56 Å². The number of aliphatic imine (C=N–C) groups is 1. The van der Waals surface area contributed by atoms with Crippen LogP contribution in [0.5, 0.6) is 0 Å². The lowest BCUT2D eigenvalue weighted by molar-refractivity contribution is -0.128. The van der Waals surface area contributed by atoms with Crippen molar-refractivity contribution in [3.05, 3.63) is 57.5 Å². The summed E-state index contributed by atoms with van der Waals surface area (Å²) in [6, 6.07) is 8.36. The number of nitrogens with two attached hydrogens (primary N) is 1. The van der Waals surface area contributed by atoms with Gasteiger partial charge < -0.3 is 11.1 Å². The average Bonchev–Trinajstić information content (AvgIpc) is 2.59. The molecule has 0 aliphatic carbocycles. The number of benzene rings is 1. The first kappa shape index (κ1) is 18.3. The van der Waals surface area contributed by atoms with Crippen LogP contribution < -0.4 is 16.6 Å².